The first kappa shape index (κ1) is 13.9. The highest BCUT2D eigenvalue weighted by atomic mass is 127. The zero-order chi connectivity index (χ0) is 12.6. The Morgan fingerprint density at radius 3 is 2.38 bits per heavy atom. The topological polar surface area (TPSA) is 46.2 Å². The van der Waals surface area contributed by atoms with Gasteiger partial charge in [-0.3, -0.25) is 0 Å². The number of rotatable bonds is 2. The van der Waals surface area contributed by atoms with Crippen LogP contribution in [0, 0.1) is 9.39 Å². The van der Waals surface area contributed by atoms with Crippen molar-refractivity contribution in [2.75, 3.05) is 0 Å². The van der Waals surface area contributed by atoms with E-state index in [0.29, 0.717) is 3.57 Å². The Morgan fingerprint density at radius 2 is 1.88 bits per heavy atom. The number of nitrogens with one attached hydrogen (secondary N) is 1. The summed E-state index contributed by atoms with van der Waals surface area (Å²) in [5.74, 6) is -0.739. The summed E-state index contributed by atoms with van der Waals surface area (Å²) in [6.45, 7) is 5.11. The molecule has 3 nitrogen and oxygen atoms in total. The maximum Gasteiger partial charge on any atom is 0.243 e. The van der Waals surface area contributed by atoms with E-state index < -0.39 is 21.4 Å². The minimum atomic E-state index is -3.80. The molecule has 0 aromatic heterocycles. The molecule has 1 aromatic rings. The fourth-order valence-electron chi connectivity index (χ4n) is 1.14. The molecule has 0 atom stereocenters. The zero-order valence-corrected chi connectivity index (χ0v) is 12.2. The van der Waals surface area contributed by atoms with Crippen LogP contribution in [0.3, 0.4) is 0 Å². The number of halogens is 2. The minimum Gasteiger partial charge on any atom is -0.207 e. The molecule has 0 unspecified atom stereocenters. The molecule has 1 rings (SSSR count). The van der Waals surface area contributed by atoms with Crippen LogP contribution in [0.1, 0.15) is 20.8 Å². The van der Waals surface area contributed by atoms with Gasteiger partial charge < -0.3 is 0 Å². The summed E-state index contributed by atoms with van der Waals surface area (Å²) in [6.07, 6.45) is 0. The van der Waals surface area contributed by atoms with Crippen LogP contribution in [0.4, 0.5) is 4.39 Å². The van der Waals surface area contributed by atoms with Crippen LogP contribution in [0.15, 0.2) is 23.1 Å². The van der Waals surface area contributed by atoms with Crippen LogP contribution in [-0.2, 0) is 10.0 Å². The summed E-state index contributed by atoms with van der Waals surface area (Å²) in [6, 6.07) is 3.98. The van der Waals surface area contributed by atoms with Crippen molar-refractivity contribution in [3.8, 4) is 0 Å². The molecule has 0 aliphatic rings. The van der Waals surface area contributed by atoms with Gasteiger partial charge in [0, 0.05) is 9.11 Å². The predicted octanol–water partition coefficient (Wildman–Crippen LogP) is 2.51. The molecule has 0 radical (unpaired) electrons. The van der Waals surface area contributed by atoms with Gasteiger partial charge in [-0.25, -0.2) is 17.5 Å². The third-order valence-corrected chi connectivity index (χ3v) is 4.07. The molecule has 0 bridgehead atoms. The van der Waals surface area contributed by atoms with Gasteiger partial charge in [0.15, 0.2) is 0 Å². The van der Waals surface area contributed by atoms with Crippen LogP contribution < -0.4 is 4.72 Å². The normalized spacial score (nSPS) is 12.8. The van der Waals surface area contributed by atoms with E-state index in [9.17, 15) is 12.8 Å². The third-order valence-electron chi connectivity index (χ3n) is 1.62. The fraction of sp³-hybridized carbons (Fsp3) is 0.400. The highest BCUT2D eigenvalue weighted by Crippen LogP contribution is 2.19. The van der Waals surface area contributed by atoms with Gasteiger partial charge in [-0.2, -0.15) is 0 Å². The Hall–Kier alpha value is -0.210. The number of sulfonamides is 1. The molecular weight excluding hydrogens is 344 g/mol. The Kier molecular flexibility index (Phi) is 3.96. The molecule has 0 fully saturated rings. The minimum absolute atomic E-state index is 0.311. The van der Waals surface area contributed by atoms with E-state index in [-0.39, 0.29) is 4.90 Å². The van der Waals surface area contributed by atoms with Gasteiger partial charge in [-0.05, 0) is 61.6 Å². The standard InChI is InChI=1S/C10H13FINO2S/c1-10(2,3)13-16(14,15)9-6-7(12)4-5-8(9)11/h4-6,13H,1-3H3. The van der Waals surface area contributed by atoms with Crippen LogP contribution in [0.25, 0.3) is 0 Å². The molecule has 6 heteroatoms. The van der Waals surface area contributed by atoms with Crippen LogP contribution in [0.2, 0.25) is 0 Å². The van der Waals surface area contributed by atoms with Crippen molar-refractivity contribution in [1.82, 2.24) is 4.72 Å². The highest BCUT2D eigenvalue weighted by molar-refractivity contribution is 14.1. The lowest BCUT2D eigenvalue weighted by molar-refractivity contribution is 0.486. The average molecular weight is 357 g/mol. The number of benzene rings is 1. The molecule has 1 aromatic carbocycles. The Morgan fingerprint density at radius 1 is 1.31 bits per heavy atom. The smallest absolute Gasteiger partial charge is 0.207 e. The summed E-state index contributed by atoms with van der Waals surface area (Å²) >= 11 is 1.94. The maximum absolute atomic E-state index is 13.4. The third kappa shape index (κ3) is 3.67. The van der Waals surface area contributed by atoms with Crippen LogP contribution >= 0.6 is 22.6 Å². The van der Waals surface area contributed by atoms with Gasteiger partial charge in [0.2, 0.25) is 10.0 Å². The Labute approximate surface area is 109 Å². The number of hydrogen-bond acceptors (Lipinski definition) is 2. The fourth-order valence-corrected chi connectivity index (χ4v) is 3.37. The summed E-state index contributed by atoms with van der Waals surface area (Å²) < 4.78 is 40.2. The molecule has 16 heavy (non-hydrogen) atoms. The molecule has 0 saturated heterocycles. The molecule has 0 aliphatic heterocycles. The van der Waals surface area contributed by atoms with Crippen LogP contribution in [-0.4, -0.2) is 14.0 Å². The lowest BCUT2D eigenvalue weighted by Crippen LogP contribution is -2.40. The SMILES string of the molecule is CC(C)(C)NS(=O)(=O)c1cc(I)ccc1F. The maximum atomic E-state index is 13.4. The van der Waals surface area contributed by atoms with Crippen molar-refractivity contribution in [1.29, 1.82) is 0 Å². The van der Waals surface area contributed by atoms with E-state index in [1.807, 2.05) is 22.6 Å². The van der Waals surface area contributed by atoms with Crippen molar-refractivity contribution in [2.45, 2.75) is 31.2 Å². The van der Waals surface area contributed by atoms with E-state index in [2.05, 4.69) is 4.72 Å². The summed E-state index contributed by atoms with van der Waals surface area (Å²) in [7, 11) is -3.80. The van der Waals surface area contributed by atoms with Gasteiger partial charge >= 0.3 is 0 Å². The predicted molar refractivity (Wildman–Crippen MR) is 69.2 cm³/mol. The second-order valence-corrected chi connectivity index (χ2v) is 7.33. The van der Waals surface area contributed by atoms with Gasteiger partial charge in [0.1, 0.15) is 10.7 Å². The van der Waals surface area contributed by atoms with Gasteiger partial charge in [0.05, 0.1) is 0 Å². The van der Waals surface area contributed by atoms with Gasteiger partial charge in [0.25, 0.3) is 0 Å². The highest BCUT2D eigenvalue weighted by Gasteiger charge is 2.24. The van der Waals surface area contributed by atoms with Crippen molar-refractivity contribution >= 4 is 32.6 Å². The van der Waals surface area contributed by atoms with E-state index >= 15 is 0 Å². The second kappa shape index (κ2) is 4.58. The Bertz CT molecular complexity index is 494. The van der Waals surface area contributed by atoms with Crippen molar-refractivity contribution < 1.29 is 12.8 Å². The van der Waals surface area contributed by atoms with Gasteiger partial charge in [-0.1, -0.05) is 0 Å². The monoisotopic (exact) mass is 357 g/mol. The molecule has 90 valence electrons. The molecule has 1 N–H and O–H groups in total. The molecule has 0 amide bonds. The largest absolute Gasteiger partial charge is 0.243 e. The van der Waals surface area contributed by atoms with E-state index in [0.717, 1.165) is 6.07 Å². The molecule has 0 heterocycles. The molecule has 0 saturated carbocycles. The summed E-state index contributed by atoms with van der Waals surface area (Å²) in [5.41, 5.74) is -0.632. The first-order valence-corrected chi connectivity index (χ1v) is 7.17. The quantitative estimate of drug-likeness (QED) is 0.827. The first-order valence-electron chi connectivity index (χ1n) is 4.61. The molecular formula is C10H13FINO2S. The lowest BCUT2D eigenvalue weighted by atomic mass is 10.1. The molecule has 0 aliphatic carbocycles. The first-order chi connectivity index (χ1) is 7.12. The second-order valence-electron chi connectivity index (χ2n) is 4.43. The van der Waals surface area contributed by atoms with E-state index in [1.54, 1.807) is 20.8 Å². The van der Waals surface area contributed by atoms with E-state index in [4.69, 9.17) is 0 Å². The van der Waals surface area contributed by atoms with E-state index in [1.165, 1.54) is 12.1 Å². The molecule has 0 spiro atoms. The van der Waals surface area contributed by atoms with Gasteiger partial charge in [-0.15, -0.1) is 0 Å². The summed E-state index contributed by atoms with van der Waals surface area (Å²) in [5, 5.41) is 0. The Balaban J connectivity index is 3.22. The van der Waals surface area contributed by atoms with Crippen molar-refractivity contribution in [2.24, 2.45) is 0 Å². The zero-order valence-electron chi connectivity index (χ0n) is 9.21. The lowest BCUT2D eigenvalue weighted by Gasteiger charge is -2.20. The average Bonchev–Trinajstić information content (AvgIpc) is 2.04. The van der Waals surface area contributed by atoms with Crippen molar-refractivity contribution in [3.63, 3.8) is 0 Å². The van der Waals surface area contributed by atoms with Crippen LogP contribution in [0.5, 0.6) is 0 Å². The summed E-state index contributed by atoms with van der Waals surface area (Å²) in [4.78, 5) is -0.311. The van der Waals surface area contributed by atoms with Crippen molar-refractivity contribution in [3.05, 3.63) is 27.6 Å². The number of hydrogen-bond donors (Lipinski definition) is 1.